The van der Waals surface area contributed by atoms with Gasteiger partial charge in [-0.3, -0.25) is 9.59 Å². The molecule has 2 heterocycles. The quantitative estimate of drug-likeness (QED) is 0.321. The van der Waals surface area contributed by atoms with Gasteiger partial charge in [0.2, 0.25) is 16.9 Å². The van der Waals surface area contributed by atoms with Gasteiger partial charge in [-0.2, -0.15) is 0 Å². The fraction of sp³-hybridized carbons (Fsp3) is 0. The van der Waals surface area contributed by atoms with Crippen LogP contribution in [0.3, 0.4) is 0 Å². The molecule has 2 aromatic heterocycles. The summed E-state index contributed by atoms with van der Waals surface area (Å²) in [6.07, 6.45) is 0.939. The van der Waals surface area contributed by atoms with Crippen LogP contribution in [0.5, 0.6) is 28.7 Å². The summed E-state index contributed by atoms with van der Waals surface area (Å²) in [5.41, 5.74) is -2.18. The zero-order valence-electron chi connectivity index (χ0n) is 14.4. The number of benzene rings is 2. The number of phenolic OH excluding ortho intramolecular Hbond substituents is 4. The molecule has 0 saturated carbocycles. The first-order valence-corrected chi connectivity index (χ1v) is 8.15. The zero-order valence-corrected chi connectivity index (χ0v) is 14.4. The van der Waals surface area contributed by atoms with E-state index in [4.69, 9.17) is 8.83 Å². The largest absolute Gasteiger partial charge is 0.508 e. The minimum atomic E-state index is -1.05. The number of hydrogen-bond donors (Lipinski definition) is 5. The Kier molecular flexibility index (Phi) is 3.93. The lowest BCUT2D eigenvalue weighted by Crippen LogP contribution is -2.04. The van der Waals surface area contributed by atoms with E-state index in [0.29, 0.717) is 5.56 Å². The molecule has 29 heavy (non-hydrogen) atoms. The van der Waals surface area contributed by atoms with Crippen LogP contribution >= 0.6 is 0 Å². The lowest BCUT2D eigenvalue weighted by Gasteiger charge is -2.13. The molecule has 0 spiro atoms. The van der Waals surface area contributed by atoms with Gasteiger partial charge in [0.25, 0.3) is 0 Å². The van der Waals surface area contributed by atoms with E-state index in [9.17, 15) is 35.1 Å². The van der Waals surface area contributed by atoms with E-state index in [1.54, 1.807) is 0 Å². The van der Waals surface area contributed by atoms with Gasteiger partial charge in [0, 0.05) is 17.7 Å². The van der Waals surface area contributed by atoms with Crippen LogP contribution in [0.2, 0.25) is 0 Å². The van der Waals surface area contributed by atoms with Gasteiger partial charge in [0.05, 0.1) is 6.26 Å². The van der Waals surface area contributed by atoms with Crippen molar-refractivity contribution < 1.29 is 34.4 Å². The van der Waals surface area contributed by atoms with Crippen molar-refractivity contribution in [3.63, 3.8) is 0 Å². The third-order valence-electron chi connectivity index (χ3n) is 4.33. The Hall–Kier alpha value is -4.40. The average molecular weight is 396 g/mol. The lowest BCUT2D eigenvalue weighted by atomic mass is 10.0. The maximum absolute atomic E-state index is 12.6. The van der Waals surface area contributed by atoms with Gasteiger partial charge in [-0.25, -0.2) is 0 Å². The molecule has 4 aromatic rings. The molecule has 4 rings (SSSR count). The van der Waals surface area contributed by atoms with E-state index >= 15 is 0 Å². The summed E-state index contributed by atoms with van der Waals surface area (Å²) < 4.78 is 10.8. The molecule has 2 aromatic carbocycles. The number of phenols is 4. The Labute approximate surface area is 160 Å². The fourth-order valence-electron chi connectivity index (χ4n) is 2.92. The highest BCUT2D eigenvalue weighted by Gasteiger charge is 2.28. The number of aromatic hydroxyl groups is 5. The first-order valence-electron chi connectivity index (χ1n) is 8.15. The average Bonchev–Trinajstić information content (AvgIpc) is 2.69. The Morgan fingerprint density at radius 2 is 1.41 bits per heavy atom. The van der Waals surface area contributed by atoms with Crippen LogP contribution in [0, 0.1) is 0 Å². The van der Waals surface area contributed by atoms with Gasteiger partial charge < -0.3 is 34.4 Å². The topological polar surface area (TPSA) is 162 Å². The second-order valence-electron chi connectivity index (χ2n) is 6.11. The van der Waals surface area contributed by atoms with E-state index in [1.165, 1.54) is 24.3 Å². The zero-order chi connectivity index (χ0) is 20.9. The summed E-state index contributed by atoms with van der Waals surface area (Å²) in [5, 5.41) is 49.6. The molecule has 0 fully saturated rings. The second kappa shape index (κ2) is 6.34. The van der Waals surface area contributed by atoms with Crippen LogP contribution in [0.4, 0.5) is 0 Å². The summed E-state index contributed by atoms with van der Waals surface area (Å²) in [6.45, 7) is 0. The Morgan fingerprint density at radius 1 is 0.724 bits per heavy atom. The maximum Gasteiger partial charge on any atom is 0.227 e. The summed E-state index contributed by atoms with van der Waals surface area (Å²) >= 11 is 0. The molecular formula is C20H12O9. The highest BCUT2D eigenvalue weighted by molar-refractivity contribution is 6.01. The molecule has 9 nitrogen and oxygen atoms in total. The van der Waals surface area contributed by atoms with Crippen molar-refractivity contribution in [2.24, 2.45) is 0 Å². The number of fused-ring (bicyclic) bond motifs is 1. The Morgan fingerprint density at radius 3 is 2.10 bits per heavy atom. The Balaban J connectivity index is 2.17. The molecule has 0 aliphatic heterocycles. The van der Waals surface area contributed by atoms with Crippen molar-refractivity contribution >= 4 is 11.0 Å². The molecule has 5 N–H and O–H groups in total. The predicted octanol–water partition coefficient (Wildman–Crippen LogP) is 2.61. The maximum atomic E-state index is 12.6. The van der Waals surface area contributed by atoms with Crippen LogP contribution in [-0.2, 0) is 0 Å². The molecule has 0 aliphatic carbocycles. The molecule has 0 atom stereocenters. The van der Waals surface area contributed by atoms with Gasteiger partial charge in [0.1, 0.15) is 22.5 Å². The molecular weight excluding hydrogens is 384 g/mol. The lowest BCUT2D eigenvalue weighted by molar-refractivity contribution is 0.369. The summed E-state index contributed by atoms with van der Waals surface area (Å²) in [7, 11) is 0. The van der Waals surface area contributed by atoms with Crippen molar-refractivity contribution in [1.29, 1.82) is 0 Å². The van der Waals surface area contributed by atoms with Crippen LogP contribution in [0.15, 0.2) is 61.1 Å². The standard InChI is InChI=1S/C20H12O9/c21-9-3-1-8(2-4-9)12-7-11(23)13-16(25)18(27)17(26)14(19(13)29-12)20-15(24)10(22)5-6-28-20/h1-7,21,24-27H. The monoisotopic (exact) mass is 396 g/mol. The van der Waals surface area contributed by atoms with Crippen molar-refractivity contribution in [3.8, 4) is 51.4 Å². The van der Waals surface area contributed by atoms with Gasteiger partial charge in [-0.15, -0.1) is 0 Å². The summed E-state index contributed by atoms with van der Waals surface area (Å²) in [6, 6.07) is 7.59. The van der Waals surface area contributed by atoms with Gasteiger partial charge in [-0.05, 0) is 24.3 Å². The summed E-state index contributed by atoms with van der Waals surface area (Å²) in [4.78, 5) is 24.4. The minimum absolute atomic E-state index is 0.00833. The normalized spacial score (nSPS) is 11.0. The molecule has 0 aliphatic rings. The highest BCUT2D eigenvalue weighted by Crippen LogP contribution is 2.49. The van der Waals surface area contributed by atoms with Crippen LogP contribution < -0.4 is 10.9 Å². The van der Waals surface area contributed by atoms with Gasteiger partial charge >= 0.3 is 0 Å². The van der Waals surface area contributed by atoms with E-state index in [1.807, 2.05) is 0 Å². The number of rotatable bonds is 2. The van der Waals surface area contributed by atoms with Crippen molar-refractivity contribution in [2.45, 2.75) is 0 Å². The summed E-state index contributed by atoms with van der Waals surface area (Å²) in [5.74, 6) is -4.45. The Bertz CT molecular complexity index is 1380. The molecule has 0 radical (unpaired) electrons. The second-order valence-corrected chi connectivity index (χ2v) is 6.11. The molecule has 9 heteroatoms. The highest BCUT2D eigenvalue weighted by atomic mass is 16.4. The molecule has 0 bridgehead atoms. The SMILES string of the molecule is O=c1ccoc(-c2c(O)c(O)c(O)c3c(=O)cc(-c4ccc(O)cc4)oc23)c1O. The van der Waals surface area contributed by atoms with Crippen LogP contribution in [0.1, 0.15) is 0 Å². The molecule has 0 unspecified atom stereocenters. The van der Waals surface area contributed by atoms with E-state index in [2.05, 4.69) is 0 Å². The minimum Gasteiger partial charge on any atom is -0.508 e. The number of hydrogen-bond acceptors (Lipinski definition) is 9. The fourth-order valence-corrected chi connectivity index (χ4v) is 2.92. The van der Waals surface area contributed by atoms with E-state index in [-0.39, 0.29) is 11.5 Å². The van der Waals surface area contributed by atoms with E-state index < -0.39 is 56.1 Å². The molecule has 146 valence electrons. The van der Waals surface area contributed by atoms with Crippen molar-refractivity contribution in [1.82, 2.24) is 0 Å². The predicted molar refractivity (Wildman–Crippen MR) is 100 cm³/mol. The third kappa shape index (κ3) is 2.72. The van der Waals surface area contributed by atoms with Crippen LogP contribution in [0.25, 0.3) is 33.6 Å². The van der Waals surface area contributed by atoms with Crippen molar-refractivity contribution in [3.05, 3.63) is 63.1 Å². The van der Waals surface area contributed by atoms with Crippen LogP contribution in [-0.4, -0.2) is 25.5 Å². The smallest absolute Gasteiger partial charge is 0.227 e. The first kappa shape index (κ1) is 18.0. The van der Waals surface area contributed by atoms with Gasteiger partial charge in [0.15, 0.2) is 28.3 Å². The van der Waals surface area contributed by atoms with E-state index in [0.717, 1.165) is 18.4 Å². The molecule has 0 saturated heterocycles. The first-order chi connectivity index (χ1) is 13.8. The molecule has 0 amide bonds. The van der Waals surface area contributed by atoms with Crippen molar-refractivity contribution in [2.75, 3.05) is 0 Å². The third-order valence-corrected chi connectivity index (χ3v) is 4.33. The van der Waals surface area contributed by atoms with Gasteiger partial charge in [-0.1, -0.05) is 0 Å².